The first-order valence-electron chi connectivity index (χ1n) is 5.40. The third-order valence-electron chi connectivity index (χ3n) is 2.68. The van der Waals surface area contributed by atoms with Crippen molar-refractivity contribution in [3.63, 3.8) is 0 Å². The van der Waals surface area contributed by atoms with Crippen molar-refractivity contribution in [3.05, 3.63) is 29.3 Å². The zero-order chi connectivity index (χ0) is 9.80. The molecule has 1 aromatic rings. The van der Waals surface area contributed by atoms with Gasteiger partial charge >= 0.3 is 0 Å². The van der Waals surface area contributed by atoms with E-state index in [9.17, 15) is 0 Å². The maximum absolute atomic E-state index is 3.49. The summed E-state index contributed by atoms with van der Waals surface area (Å²) in [4.78, 5) is 0. The molecule has 0 fully saturated rings. The number of rotatable bonds is 0. The van der Waals surface area contributed by atoms with Gasteiger partial charge in [0.25, 0.3) is 0 Å². The molecular weight excluding hydrogens is 172 g/mol. The van der Waals surface area contributed by atoms with E-state index < -0.39 is 0 Å². The van der Waals surface area contributed by atoms with Gasteiger partial charge in [0.1, 0.15) is 0 Å². The van der Waals surface area contributed by atoms with Crippen molar-refractivity contribution in [2.24, 2.45) is 0 Å². The Morgan fingerprint density at radius 3 is 3.00 bits per heavy atom. The van der Waals surface area contributed by atoms with E-state index in [1.165, 1.54) is 23.2 Å². The number of hydrogen-bond acceptors (Lipinski definition) is 2. The van der Waals surface area contributed by atoms with Crippen LogP contribution >= 0.6 is 0 Å². The lowest BCUT2D eigenvalue weighted by atomic mass is 10.1. The molecule has 0 atom stereocenters. The van der Waals surface area contributed by atoms with Gasteiger partial charge in [0.05, 0.1) is 0 Å². The fourth-order valence-corrected chi connectivity index (χ4v) is 1.89. The molecule has 14 heavy (non-hydrogen) atoms. The van der Waals surface area contributed by atoms with E-state index in [-0.39, 0.29) is 0 Å². The molecule has 2 heteroatoms. The van der Waals surface area contributed by atoms with Crippen molar-refractivity contribution < 1.29 is 0 Å². The van der Waals surface area contributed by atoms with Crippen molar-refractivity contribution >= 4 is 5.69 Å². The lowest BCUT2D eigenvalue weighted by Gasteiger charge is -2.10. The summed E-state index contributed by atoms with van der Waals surface area (Å²) in [5.41, 5.74) is 4.11. The van der Waals surface area contributed by atoms with Crippen molar-refractivity contribution in [2.45, 2.75) is 19.8 Å². The molecule has 1 aliphatic rings. The highest BCUT2D eigenvalue weighted by atomic mass is 14.9. The molecule has 0 saturated heterocycles. The fourth-order valence-electron chi connectivity index (χ4n) is 1.89. The molecule has 1 aliphatic heterocycles. The molecule has 1 heterocycles. The molecular formula is C12H18N2. The molecule has 0 spiro atoms. The highest BCUT2D eigenvalue weighted by Gasteiger charge is 2.04. The Kier molecular flexibility index (Phi) is 3.04. The van der Waals surface area contributed by atoms with Crippen molar-refractivity contribution in [2.75, 3.05) is 25.0 Å². The second kappa shape index (κ2) is 4.47. The van der Waals surface area contributed by atoms with Gasteiger partial charge in [0.2, 0.25) is 0 Å². The minimum absolute atomic E-state index is 1.07. The summed E-state index contributed by atoms with van der Waals surface area (Å²) >= 11 is 0. The summed E-state index contributed by atoms with van der Waals surface area (Å²) in [6.07, 6.45) is 2.33. The van der Waals surface area contributed by atoms with Crippen LogP contribution in [0.5, 0.6) is 0 Å². The summed E-state index contributed by atoms with van der Waals surface area (Å²) in [5.74, 6) is 0. The molecule has 2 rings (SSSR count). The van der Waals surface area contributed by atoms with E-state index in [1.807, 2.05) is 0 Å². The van der Waals surface area contributed by atoms with Gasteiger partial charge in [-0.2, -0.15) is 0 Å². The zero-order valence-corrected chi connectivity index (χ0v) is 8.77. The number of hydrogen-bond donors (Lipinski definition) is 2. The van der Waals surface area contributed by atoms with Crippen LogP contribution in [-0.2, 0) is 6.42 Å². The largest absolute Gasteiger partial charge is 0.385 e. The molecule has 0 saturated carbocycles. The zero-order valence-electron chi connectivity index (χ0n) is 8.77. The van der Waals surface area contributed by atoms with Gasteiger partial charge in [0.15, 0.2) is 0 Å². The number of fused-ring (bicyclic) bond motifs is 1. The molecule has 0 unspecified atom stereocenters. The maximum atomic E-state index is 3.49. The molecule has 2 N–H and O–H groups in total. The van der Waals surface area contributed by atoms with Crippen molar-refractivity contribution in [3.8, 4) is 0 Å². The topological polar surface area (TPSA) is 24.1 Å². The average molecular weight is 190 g/mol. The highest BCUT2D eigenvalue weighted by molar-refractivity contribution is 5.52. The molecule has 0 radical (unpaired) electrons. The van der Waals surface area contributed by atoms with Gasteiger partial charge in [0, 0.05) is 12.2 Å². The predicted molar refractivity (Wildman–Crippen MR) is 60.9 cm³/mol. The molecule has 0 aliphatic carbocycles. The minimum atomic E-state index is 1.07. The quantitative estimate of drug-likeness (QED) is 0.653. The van der Waals surface area contributed by atoms with Crippen LogP contribution in [0.15, 0.2) is 18.2 Å². The molecule has 2 nitrogen and oxygen atoms in total. The van der Waals surface area contributed by atoms with Crippen LogP contribution in [0, 0.1) is 6.92 Å². The first-order chi connectivity index (χ1) is 6.86. The SMILES string of the molecule is Cc1ccc2c(c1)CCNCCCN2. The summed E-state index contributed by atoms with van der Waals surface area (Å²) in [6.45, 7) is 5.45. The van der Waals surface area contributed by atoms with Crippen molar-refractivity contribution in [1.29, 1.82) is 0 Å². The number of benzene rings is 1. The summed E-state index contributed by atoms with van der Waals surface area (Å²) in [5, 5.41) is 6.94. The minimum Gasteiger partial charge on any atom is -0.385 e. The second-order valence-electron chi connectivity index (χ2n) is 3.94. The molecule has 0 bridgehead atoms. The summed E-state index contributed by atoms with van der Waals surface area (Å²) in [6, 6.07) is 6.67. The van der Waals surface area contributed by atoms with E-state index >= 15 is 0 Å². The maximum Gasteiger partial charge on any atom is 0.0373 e. The first kappa shape index (κ1) is 9.53. The third kappa shape index (κ3) is 2.26. The van der Waals surface area contributed by atoms with Crippen LogP contribution in [0.2, 0.25) is 0 Å². The Bertz CT molecular complexity index is 307. The molecule has 0 aromatic heterocycles. The van der Waals surface area contributed by atoms with Gasteiger partial charge in [-0.1, -0.05) is 17.7 Å². The Morgan fingerprint density at radius 2 is 2.07 bits per heavy atom. The number of aryl methyl sites for hydroxylation is 1. The number of nitrogens with one attached hydrogen (secondary N) is 2. The average Bonchev–Trinajstić information content (AvgIpc) is 2.29. The van der Waals surface area contributed by atoms with E-state index in [0.29, 0.717) is 0 Å². The van der Waals surface area contributed by atoms with Crippen LogP contribution in [0.4, 0.5) is 5.69 Å². The van der Waals surface area contributed by atoms with Gasteiger partial charge in [-0.25, -0.2) is 0 Å². The predicted octanol–water partition coefficient (Wildman–Crippen LogP) is 1.94. The van der Waals surface area contributed by atoms with Gasteiger partial charge in [-0.15, -0.1) is 0 Å². The summed E-state index contributed by atoms with van der Waals surface area (Å²) in [7, 11) is 0. The Morgan fingerprint density at radius 1 is 1.14 bits per heavy atom. The normalized spacial score (nSPS) is 17.2. The Balaban J connectivity index is 2.22. The van der Waals surface area contributed by atoms with Crippen LogP contribution in [0.3, 0.4) is 0 Å². The van der Waals surface area contributed by atoms with Crippen LogP contribution < -0.4 is 10.6 Å². The Hall–Kier alpha value is -1.02. The van der Waals surface area contributed by atoms with E-state index in [4.69, 9.17) is 0 Å². The standard InChI is InChI=1S/C12H18N2/c1-10-3-4-12-11(9-10)5-8-13-6-2-7-14-12/h3-4,9,13-14H,2,5-8H2,1H3. The lowest BCUT2D eigenvalue weighted by molar-refractivity contribution is 0.668. The molecule has 0 amide bonds. The molecule has 76 valence electrons. The number of anilines is 1. The van der Waals surface area contributed by atoms with E-state index in [1.54, 1.807) is 0 Å². The van der Waals surface area contributed by atoms with E-state index in [0.717, 1.165) is 26.1 Å². The van der Waals surface area contributed by atoms with Crippen LogP contribution in [0.1, 0.15) is 17.5 Å². The lowest BCUT2D eigenvalue weighted by Crippen LogP contribution is -2.18. The van der Waals surface area contributed by atoms with Gasteiger partial charge in [-0.05, 0) is 44.5 Å². The second-order valence-corrected chi connectivity index (χ2v) is 3.94. The Labute approximate surface area is 85.7 Å². The monoisotopic (exact) mass is 190 g/mol. The van der Waals surface area contributed by atoms with Gasteiger partial charge < -0.3 is 10.6 Å². The smallest absolute Gasteiger partial charge is 0.0373 e. The highest BCUT2D eigenvalue weighted by Crippen LogP contribution is 2.18. The van der Waals surface area contributed by atoms with Crippen LogP contribution in [0.25, 0.3) is 0 Å². The summed E-state index contributed by atoms with van der Waals surface area (Å²) < 4.78 is 0. The fraction of sp³-hybridized carbons (Fsp3) is 0.500. The first-order valence-corrected chi connectivity index (χ1v) is 5.40. The van der Waals surface area contributed by atoms with Crippen LogP contribution in [-0.4, -0.2) is 19.6 Å². The van der Waals surface area contributed by atoms with Gasteiger partial charge in [-0.3, -0.25) is 0 Å². The van der Waals surface area contributed by atoms with E-state index in [2.05, 4.69) is 35.8 Å². The third-order valence-corrected chi connectivity index (χ3v) is 2.68. The molecule has 1 aromatic carbocycles. The van der Waals surface area contributed by atoms with Crippen molar-refractivity contribution in [1.82, 2.24) is 5.32 Å².